The minimum absolute atomic E-state index is 0.941. The maximum atomic E-state index is 4.49. The Morgan fingerprint density at radius 1 is 1.23 bits per heavy atom. The number of hydrogen-bond acceptors (Lipinski definition) is 2. The lowest BCUT2D eigenvalue weighted by Crippen LogP contribution is -1.90. The summed E-state index contributed by atoms with van der Waals surface area (Å²) in [6.45, 7) is 4.16. The van der Waals surface area contributed by atoms with E-state index in [2.05, 4.69) is 35.9 Å². The fourth-order valence-electron chi connectivity index (χ4n) is 1.33. The molecule has 13 heavy (non-hydrogen) atoms. The summed E-state index contributed by atoms with van der Waals surface area (Å²) in [5, 5.41) is 0. The SMILES string of the molecule is CCc1cnc2ccc(C)cc2n1. The lowest BCUT2D eigenvalue weighted by molar-refractivity contribution is 1.03. The van der Waals surface area contributed by atoms with Crippen LogP contribution < -0.4 is 0 Å². The summed E-state index contributed by atoms with van der Waals surface area (Å²) in [5.41, 5.74) is 4.26. The Morgan fingerprint density at radius 2 is 2.08 bits per heavy atom. The Hall–Kier alpha value is -1.44. The number of fused-ring (bicyclic) bond motifs is 1. The van der Waals surface area contributed by atoms with Gasteiger partial charge in [-0.25, -0.2) is 4.98 Å². The van der Waals surface area contributed by atoms with Crippen LogP contribution in [0.1, 0.15) is 18.2 Å². The first-order valence-electron chi connectivity index (χ1n) is 4.52. The van der Waals surface area contributed by atoms with Gasteiger partial charge >= 0.3 is 0 Å². The van der Waals surface area contributed by atoms with E-state index < -0.39 is 0 Å². The van der Waals surface area contributed by atoms with E-state index in [1.54, 1.807) is 0 Å². The van der Waals surface area contributed by atoms with Crippen LogP contribution in [-0.2, 0) is 6.42 Å². The van der Waals surface area contributed by atoms with E-state index >= 15 is 0 Å². The predicted molar refractivity (Wildman–Crippen MR) is 53.7 cm³/mol. The van der Waals surface area contributed by atoms with Crippen molar-refractivity contribution in [2.75, 3.05) is 0 Å². The van der Waals surface area contributed by atoms with Gasteiger partial charge < -0.3 is 0 Å². The molecular formula is C11H12N2. The highest BCUT2D eigenvalue weighted by Crippen LogP contribution is 2.11. The van der Waals surface area contributed by atoms with Gasteiger partial charge in [-0.3, -0.25) is 4.98 Å². The van der Waals surface area contributed by atoms with Crippen LogP contribution in [0.15, 0.2) is 24.4 Å². The zero-order chi connectivity index (χ0) is 9.26. The molecular weight excluding hydrogens is 160 g/mol. The van der Waals surface area contributed by atoms with Gasteiger partial charge in [0.2, 0.25) is 0 Å². The number of hydrogen-bond donors (Lipinski definition) is 0. The maximum Gasteiger partial charge on any atom is 0.0892 e. The number of rotatable bonds is 1. The van der Waals surface area contributed by atoms with Crippen LogP contribution in [-0.4, -0.2) is 9.97 Å². The van der Waals surface area contributed by atoms with Crippen molar-refractivity contribution in [3.05, 3.63) is 35.7 Å². The maximum absolute atomic E-state index is 4.49. The molecule has 2 heteroatoms. The first-order valence-corrected chi connectivity index (χ1v) is 4.52. The van der Waals surface area contributed by atoms with Gasteiger partial charge in [0.15, 0.2) is 0 Å². The zero-order valence-electron chi connectivity index (χ0n) is 7.91. The molecule has 2 aromatic rings. The molecule has 1 heterocycles. The largest absolute Gasteiger partial charge is 0.253 e. The molecule has 0 saturated carbocycles. The summed E-state index contributed by atoms with van der Waals surface area (Å²) < 4.78 is 0. The summed E-state index contributed by atoms with van der Waals surface area (Å²) in [6.07, 6.45) is 2.79. The quantitative estimate of drug-likeness (QED) is 0.660. The van der Waals surface area contributed by atoms with Gasteiger partial charge in [-0.1, -0.05) is 13.0 Å². The third-order valence-corrected chi connectivity index (χ3v) is 2.11. The molecule has 0 aliphatic heterocycles. The van der Waals surface area contributed by atoms with Crippen LogP contribution in [0.2, 0.25) is 0 Å². The first-order chi connectivity index (χ1) is 6.29. The monoisotopic (exact) mass is 172 g/mol. The van der Waals surface area contributed by atoms with Crippen LogP contribution in [0.25, 0.3) is 11.0 Å². The molecule has 0 aliphatic carbocycles. The average molecular weight is 172 g/mol. The molecule has 0 atom stereocenters. The van der Waals surface area contributed by atoms with Gasteiger partial charge in [0, 0.05) is 6.20 Å². The molecule has 0 aliphatic rings. The van der Waals surface area contributed by atoms with Gasteiger partial charge in [-0.05, 0) is 31.0 Å². The molecule has 0 N–H and O–H groups in total. The standard InChI is InChI=1S/C11H12N2/c1-3-9-7-12-10-5-4-8(2)6-11(10)13-9/h4-7H,3H2,1-2H3. The van der Waals surface area contributed by atoms with E-state index in [1.165, 1.54) is 5.56 Å². The second-order valence-electron chi connectivity index (χ2n) is 3.21. The highest BCUT2D eigenvalue weighted by molar-refractivity contribution is 5.74. The summed E-state index contributed by atoms with van der Waals surface area (Å²) in [4.78, 5) is 8.82. The number of aromatic nitrogens is 2. The first kappa shape index (κ1) is 8.17. The summed E-state index contributed by atoms with van der Waals surface area (Å²) >= 11 is 0. The molecule has 2 rings (SSSR count). The van der Waals surface area contributed by atoms with Crippen LogP contribution in [0, 0.1) is 6.92 Å². The topological polar surface area (TPSA) is 25.8 Å². The number of aryl methyl sites for hydroxylation is 2. The van der Waals surface area contributed by atoms with Crippen molar-refractivity contribution >= 4 is 11.0 Å². The van der Waals surface area contributed by atoms with E-state index in [1.807, 2.05) is 12.3 Å². The van der Waals surface area contributed by atoms with Gasteiger partial charge in [0.05, 0.1) is 16.7 Å². The van der Waals surface area contributed by atoms with Crippen molar-refractivity contribution in [3.8, 4) is 0 Å². The lowest BCUT2D eigenvalue weighted by atomic mass is 10.2. The average Bonchev–Trinajstić information content (AvgIpc) is 2.16. The molecule has 0 bridgehead atoms. The van der Waals surface area contributed by atoms with E-state index in [9.17, 15) is 0 Å². The van der Waals surface area contributed by atoms with Crippen LogP contribution in [0.5, 0.6) is 0 Å². The van der Waals surface area contributed by atoms with Crippen molar-refractivity contribution in [2.24, 2.45) is 0 Å². The number of nitrogens with zero attached hydrogens (tertiary/aromatic N) is 2. The van der Waals surface area contributed by atoms with Gasteiger partial charge in [-0.2, -0.15) is 0 Å². The van der Waals surface area contributed by atoms with Crippen molar-refractivity contribution in [3.63, 3.8) is 0 Å². The predicted octanol–water partition coefficient (Wildman–Crippen LogP) is 2.50. The third kappa shape index (κ3) is 1.52. The molecule has 0 radical (unpaired) electrons. The van der Waals surface area contributed by atoms with E-state index in [-0.39, 0.29) is 0 Å². The molecule has 2 nitrogen and oxygen atoms in total. The normalized spacial score (nSPS) is 10.6. The summed E-state index contributed by atoms with van der Waals surface area (Å²) in [6, 6.07) is 6.14. The molecule has 0 saturated heterocycles. The van der Waals surface area contributed by atoms with Crippen LogP contribution in [0.4, 0.5) is 0 Å². The number of benzene rings is 1. The fraction of sp³-hybridized carbons (Fsp3) is 0.273. The Balaban J connectivity index is 2.68. The third-order valence-electron chi connectivity index (χ3n) is 2.11. The zero-order valence-corrected chi connectivity index (χ0v) is 7.91. The van der Waals surface area contributed by atoms with Crippen molar-refractivity contribution in [1.29, 1.82) is 0 Å². The molecule has 0 spiro atoms. The molecule has 1 aromatic carbocycles. The Kier molecular flexibility index (Phi) is 1.97. The smallest absolute Gasteiger partial charge is 0.0892 e. The molecule has 66 valence electrons. The van der Waals surface area contributed by atoms with Crippen LogP contribution in [0.3, 0.4) is 0 Å². The van der Waals surface area contributed by atoms with Crippen molar-refractivity contribution < 1.29 is 0 Å². The molecule has 0 amide bonds. The van der Waals surface area contributed by atoms with E-state index in [4.69, 9.17) is 0 Å². The summed E-state index contributed by atoms with van der Waals surface area (Å²) in [5.74, 6) is 0. The van der Waals surface area contributed by atoms with Gasteiger partial charge in [0.1, 0.15) is 0 Å². The molecule has 1 aromatic heterocycles. The lowest BCUT2D eigenvalue weighted by Gasteiger charge is -2.00. The van der Waals surface area contributed by atoms with E-state index in [0.29, 0.717) is 0 Å². The van der Waals surface area contributed by atoms with Crippen LogP contribution >= 0.6 is 0 Å². The molecule has 0 unspecified atom stereocenters. The summed E-state index contributed by atoms with van der Waals surface area (Å²) in [7, 11) is 0. The van der Waals surface area contributed by atoms with Gasteiger partial charge in [-0.15, -0.1) is 0 Å². The van der Waals surface area contributed by atoms with Crippen molar-refractivity contribution in [2.45, 2.75) is 20.3 Å². The minimum Gasteiger partial charge on any atom is -0.253 e. The molecule has 0 fully saturated rings. The highest BCUT2D eigenvalue weighted by Gasteiger charge is 1.97. The highest BCUT2D eigenvalue weighted by atomic mass is 14.8. The Bertz CT molecular complexity index is 435. The Morgan fingerprint density at radius 3 is 2.85 bits per heavy atom. The van der Waals surface area contributed by atoms with E-state index in [0.717, 1.165) is 23.1 Å². The second kappa shape index (κ2) is 3.13. The Labute approximate surface area is 77.6 Å². The van der Waals surface area contributed by atoms with Crippen molar-refractivity contribution in [1.82, 2.24) is 9.97 Å². The second-order valence-corrected chi connectivity index (χ2v) is 3.21. The minimum atomic E-state index is 0.941. The fourth-order valence-corrected chi connectivity index (χ4v) is 1.33. The van der Waals surface area contributed by atoms with Gasteiger partial charge in [0.25, 0.3) is 0 Å².